The number of para-hydroxylation sites is 2. The molecule has 0 spiro atoms. The maximum absolute atomic E-state index is 12.1. The molecule has 0 bridgehead atoms. The second-order valence-corrected chi connectivity index (χ2v) is 4.95. The van der Waals surface area contributed by atoms with Gasteiger partial charge in [-0.05, 0) is 24.5 Å². The molecule has 6 nitrogen and oxygen atoms in total. The molecule has 2 N–H and O–H groups in total. The van der Waals surface area contributed by atoms with Crippen molar-refractivity contribution in [3.63, 3.8) is 0 Å². The number of carboxylic acid groups (broad SMARTS) is 1. The second-order valence-electron chi connectivity index (χ2n) is 4.95. The fraction of sp³-hybridized carbons (Fsp3) is 0.429. The highest BCUT2D eigenvalue weighted by Crippen LogP contribution is 2.25. The van der Waals surface area contributed by atoms with Crippen LogP contribution in [0.1, 0.15) is 13.3 Å². The van der Waals surface area contributed by atoms with Crippen molar-refractivity contribution in [2.75, 3.05) is 25.0 Å². The Morgan fingerprint density at radius 3 is 2.85 bits per heavy atom. The van der Waals surface area contributed by atoms with E-state index < -0.39 is 12.6 Å². The molecule has 2 amide bonds. The molecule has 1 aliphatic rings. The number of amides is 2. The zero-order valence-electron chi connectivity index (χ0n) is 11.3. The van der Waals surface area contributed by atoms with Crippen molar-refractivity contribution in [1.82, 2.24) is 4.90 Å². The van der Waals surface area contributed by atoms with Gasteiger partial charge in [-0.1, -0.05) is 19.1 Å². The molecule has 1 fully saturated rings. The third-order valence-electron chi connectivity index (χ3n) is 3.19. The van der Waals surface area contributed by atoms with Crippen LogP contribution in [0.3, 0.4) is 0 Å². The standard InChI is InChI=1S/C14H18N2O4/c1-10-6-7-16(8-10)14(19)15-11-4-2-3-5-12(11)20-9-13(17)18/h2-5,10H,6-9H2,1H3,(H,15,19)(H,17,18). The van der Waals surface area contributed by atoms with Crippen molar-refractivity contribution in [1.29, 1.82) is 0 Å². The van der Waals surface area contributed by atoms with Crippen molar-refractivity contribution in [3.8, 4) is 5.75 Å². The van der Waals surface area contributed by atoms with E-state index in [0.29, 0.717) is 17.4 Å². The largest absolute Gasteiger partial charge is 0.480 e. The van der Waals surface area contributed by atoms with Crippen molar-refractivity contribution in [2.45, 2.75) is 13.3 Å². The molecule has 0 saturated carbocycles. The van der Waals surface area contributed by atoms with Gasteiger partial charge in [-0.3, -0.25) is 0 Å². The minimum atomic E-state index is -1.06. The number of anilines is 1. The molecule has 20 heavy (non-hydrogen) atoms. The number of carbonyl (C=O) groups is 2. The Kier molecular flexibility index (Phi) is 4.45. The number of aliphatic carboxylic acids is 1. The highest BCUT2D eigenvalue weighted by atomic mass is 16.5. The van der Waals surface area contributed by atoms with Gasteiger partial charge in [0.05, 0.1) is 5.69 Å². The fourth-order valence-corrected chi connectivity index (χ4v) is 2.15. The molecule has 0 aromatic heterocycles. The summed E-state index contributed by atoms with van der Waals surface area (Å²) in [6, 6.07) is 6.63. The molecule has 1 aromatic rings. The molecule has 2 rings (SSSR count). The van der Waals surface area contributed by atoms with Gasteiger partial charge in [-0.2, -0.15) is 0 Å². The van der Waals surface area contributed by atoms with Crippen LogP contribution in [0.15, 0.2) is 24.3 Å². The maximum atomic E-state index is 12.1. The summed E-state index contributed by atoms with van der Waals surface area (Å²) < 4.78 is 5.15. The summed E-state index contributed by atoms with van der Waals surface area (Å²) in [5.74, 6) is -0.186. The Morgan fingerprint density at radius 2 is 2.20 bits per heavy atom. The summed E-state index contributed by atoms with van der Waals surface area (Å²) in [5.41, 5.74) is 0.485. The zero-order valence-corrected chi connectivity index (χ0v) is 11.3. The first-order valence-electron chi connectivity index (χ1n) is 6.56. The lowest BCUT2D eigenvalue weighted by Gasteiger charge is -2.18. The van der Waals surface area contributed by atoms with Crippen molar-refractivity contribution >= 4 is 17.7 Å². The number of nitrogens with one attached hydrogen (secondary N) is 1. The quantitative estimate of drug-likeness (QED) is 0.883. The lowest BCUT2D eigenvalue weighted by Crippen LogP contribution is -2.33. The molecule has 6 heteroatoms. The summed E-state index contributed by atoms with van der Waals surface area (Å²) >= 11 is 0. The van der Waals surface area contributed by atoms with Crippen LogP contribution in [0, 0.1) is 5.92 Å². The van der Waals surface area contributed by atoms with Crippen molar-refractivity contribution in [2.24, 2.45) is 5.92 Å². The molecule has 0 radical (unpaired) electrons. The van der Waals surface area contributed by atoms with Crippen LogP contribution in [0.25, 0.3) is 0 Å². The van der Waals surface area contributed by atoms with Crippen LogP contribution >= 0.6 is 0 Å². The number of hydrogen-bond acceptors (Lipinski definition) is 3. The van der Waals surface area contributed by atoms with Gasteiger partial charge in [0.25, 0.3) is 0 Å². The number of nitrogens with zero attached hydrogens (tertiary/aromatic N) is 1. The molecule has 1 heterocycles. The summed E-state index contributed by atoms with van der Waals surface area (Å²) in [6.45, 7) is 3.15. The molecule has 1 saturated heterocycles. The molecular weight excluding hydrogens is 260 g/mol. The minimum Gasteiger partial charge on any atom is -0.480 e. The van der Waals surface area contributed by atoms with Gasteiger partial charge in [-0.15, -0.1) is 0 Å². The molecule has 1 aromatic carbocycles. The van der Waals surface area contributed by atoms with E-state index in [1.54, 1.807) is 29.2 Å². The number of rotatable bonds is 4. The number of urea groups is 1. The number of benzene rings is 1. The number of ether oxygens (including phenoxy) is 1. The van der Waals surface area contributed by atoms with Crippen molar-refractivity contribution in [3.05, 3.63) is 24.3 Å². The average Bonchev–Trinajstić information content (AvgIpc) is 2.84. The molecular formula is C14H18N2O4. The van der Waals surface area contributed by atoms with Crippen LogP contribution in [0.5, 0.6) is 5.75 Å². The van der Waals surface area contributed by atoms with Gasteiger partial charge < -0.3 is 20.1 Å². The molecule has 1 atom stereocenters. The zero-order chi connectivity index (χ0) is 14.5. The second kappa shape index (κ2) is 6.27. The molecule has 1 aliphatic heterocycles. The van der Waals surface area contributed by atoms with Gasteiger partial charge in [0, 0.05) is 13.1 Å². The Hall–Kier alpha value is -2.24. The predicted molar refractivity (Wildman–Crippen MR) is 73.9 cm³/mol. The van der Waals surface area contributed by atoms with Gasteiger partial charge in [-0.25, -0.2) is 9.59 Å². The van der Waals surface area contributed by atoms with Gasteiger partial charge in [0.15, 0.2) is 6.61 Å². The lowest BCUT2D eigenvalue weighted by atomic mass is 10.2. The molecule has 0 aliphatic carbocycles. The van der Waals surface area contributed by atoms with E-state index in [-0.39, 0.29) is 6.03 Å². The van der Waals surface area contributed by atoms with Crippen LogP contribution in [0.4, 0.5) is 10.5 Å². The van der Waals surface area contributed by atoms with Gasteiger partial charge >= 0.3 is 12.0 Å². The Labute approximate surface area is 117 Å². The highest BCUT2D eigenvalue weighted by molar-refractivity contribution is 5.91. The van der Waals surface area contributed by atoms with E-state index in [9.17, 15) is 9.59 Å². The van der Waals surface area contributed by atoms with E-state index >= 15 is 0 Å². The number of likely N-dealkylation sites (tertiary alicyclic amines) is 1. The number of carboxylic acids is 1. The summed E-state index contributed by atoms with van der Waals surface area (Å²) in [4.78, 5) is 24.4. The Morgan fingerprint density at radius 1 is 1.45 bits per heavy atom. The first-order valence-corrected chi connectivity index (χ1v) is 6.56. The Balaban J connectivity index is 2.01. The van der Waals surface area contributed by atoms with E-state index in [0.717, 1.165) is 19.5 Å². The van der Waals surface area contributed by atoms with Crippen LogP contribution in [-0.4, -0.2) is 41.7 Å². The predicted octanol–water partition coefficient (Wildman–Crippen LogP) is 2.02. The normalized spacial score (nSPS) is 17.9. The average molecular weight is 278 g/mol. The highest BCUT2D eigenvalue weighted by Gasteiger charge is 2.23. The molecule has 108 valence electrons. The number of hydrogen-bond donors (Lipinski definition) is 2. The smallest absolute Gasteiger partial charge is 0.341 e. The minimum absolute atomic E-state index is 0.180. The SMILES string of the molecule is CC1CCN(C(=O)Nc2ccccc2OCC(=O)O)C1. The summed E-state index contributed by atoms with van der Waals surface area (Å²) in [6.07, 6.45) is 1.00. The van der Waals surface area contributed by atoms with Gasteiger partial charge in [0.1, 0.15) is 5.75 Å². The van der Waals surface area contributed by atoms with E-state index in [4.69, 9.17) is 9.84 Å². The maximum Gasteiger partial charge on any atom is 0.341 e. The topological polar surface area (TPSA) is 78.9 Å². The first-order chi connectivity index (χ1) is 9.56. The third kappa shape index (κ3) is 3.63. The number of carbonyl (C=O) groups excluding carboxylic acids is 1. The first kappa shape index (κ1) is 14.2. The molecule has 1 unspecified atom stereocenters. The van der Waals surface area contributed by atoms with E-state index in [2.05, 4.69) is 12.2 Å². The lowest BCUT2D eigenvalue weighted by molar-refractivity contribution is -0.139. The van der Waals surface area contributed by atoms with E-state index in [1.807, 2.05) is 0 Å². The fourth-order valence-electron chi connectivity index (χ4n) is 2.15. The van der Waals surface area contributed by atoms with Crippen LogP contribution in [-0.2, 0) is 4.79 Å². The Bertz CT molecular complexity index is 504. The summed E-state index contributed by atoms with van der Waals surface area (Å²) in [7, 11) is 0. The van der Waals surface area contributed by atoms with E-state index in [1.165, 1.54) is 0 Å². The van der Waals surface area contributed by atoms with Crippen LogP contribution < -0.4 is 10.1 Å². The van der Waals surface area contributed by atoms with Crippen molar-refractivity contribution < 1.29 is 19.4 Å². The van der Waals surface area contributed by atoms with Crippen LogP contribution in [0.2, 0.25) is 0 Å². The summed E-state index contributed by atoms with van der Waals surface area (Å²) in [5, 5.41) is 11.4. The monoisotopic (exact) mass is 278 g/mol. The van der Waals surface area contributed by atoms with Gasteiger partial charge in [0.2, 0.25) is 0 Å². The third-order valence-corrected chi connectivity index (χ3v) is 3.19.